The van der Waals surface area contributed by atoms with Crippen LogP contribution in [-0.2, 0) is 19.1 Å². The molecule has 1 atom stereocenters. The van der Waals surface area contributed by atoms with Crippen molar-refractivity contribution < 1.29 is 24.2 Å². The number of rotatable bonds is 46. The third-order valence-corrected chi connectivity index (χ3v) is 11.1. The summed E-state index contributed by atoms with van der Waals surface area (Å²) < 4.78 is 10.6. The monoisotopic (exact) mass is 813 g/mol. The van der Waals surface area contributed by atoms with Crippen molar-refractivity contribution in [2.45, 2.75) is 264 Å². The molecule has 0 rings (SSSR count). The number of carbonyl (C=O) groups excluding carboxylic acids is 2. The molecule has 0 aromatic rings. The van der Waals surface area contributed by atoms with Gasteiger partial charge in [0.1, 0.15) is 6.61 Å². The quantitative estimate of drug-likeness (QED) is 0.0376. The van der Waals surface area contributed by atoms with Gasteiger partial charge in [0, 0.05) is 12.8 Å². The maximum atomic E-state index is 12.2. The Kier molecular flexibility index (Phi) is 47.4. The molecule has 0 bridgehead atoms. The number of aliphatic hydroxyl groups is 1. The largest absolute Gasteiger partial charge is 0.462 e. The number of unbranched alkanes of at least 4 members (excludes halogenated alkanes) is 30. The van der Waals surface area contributed by atoms with Crippen LogP contribution < -0.4 is 0 Å². The predicted molar refractivity (Wildman–Crippen MR) is 251 cm³/mol. The van der Waals surface area contributed by atoms with Crippen LogP contribution in [0.15, 0.2) is 48.6 Å². The summed E-state index contributed by atoms with van der Waals surface area (Å²) in [6, 6.07) is 0. The molecule has 0 unspecified atom stereocenters. The number of esters is 2. The maximum Gasteiger partial charge on any atom is 0.306 e. The molecule has 0 radical (unpaired) electrons. The highest BCUT2D eigenvalue weighted by molar-refractivity contribution is 5.70. The van der Waals surface area contributed by atoms with Crippen molar-refractivity contribution in [2.24, 2.45) is 0 Å². The molecular weight excluding hydrogens is 717 g/mol. The number of hydrogen-bond acceptors (Lipinski definition) is 5. The third-order valence-electron chi connectivity index (χ3n) is 11.1. The Morgan fingerprint density at radius 2 is 0.707 bits per heavy atom. The zero-order valence-corrected chi connectivity index (χ0v) is 38.6. The predicted octanol–water partition coefficient (Wildman–Crippen LogP) is 16.5. The van der Waals surface area contributed by atoms with E-state index in [-0.39, 0.29) is 31.6 Å². The van der Waals surface area contributed by atoms with Crippen LogP contribution in [0.3, 0.4) is 0 Å². The molecule has 0 aromatic heterocycles. The molecule has 0 aromatic carbocycles. The molecule has 0 heterocycles. The smallest absolute Gasteiger partial charge is 0.306 e. The minimum absolute atomic E-state index is 0.0855. The third kappa shape index (κ3) is 46.5. The topological polar surface area (TPSA) is 72.8 Å². The molecule has 5 heteroatoms. The molecule has 0 saturated heterocycles. The standard InChI is InChI=1S/C53H96O5/c1-3-5-7-9-11-13-15-17-19-21-23-25-26-28-29-31-33-35-37-39-41-43-45-47-52(55)57-50-51(49-54)58-53(56)48-46-44-42-40-38-36-34-32-30-27-24-22-20-18-16-14-12-10-8-6-4-2/h20,22,27,30,34,36,40,42,51,54H,3-19,21,23-26,28-29,31-33,35,37-39,41,43-50H2,1-2H3/b22-20+,30-27+,36-34+,42-40+/t51-/m0/s1. The van der Waals surface area contributed by atoms with Gasteiger partial charge in [0.2, 0.25) is 0 Å². The van der Waals surface area contributed by atoms with Gasteiger partial charge in [-0.05, 0) is 51.4 Å². The molecule has 0 fully saturated rings. The second kappa shape index (κ2) is 49.2. The van der Waals surface area contributed by atoms with E-state index in [4.69, 9.17) is 9.47 Å². The van der Waals surface area contributed by atoms with Crippen LogP contribution in [0, 0.1) is 0 Å². The van der Waals surface area contributed by atoms with Crippen molar-refractivity contribution in [3.8, 4) is 0 Å². The Hall–Kier alpha value is -2.14. The van der Waals surface area contributed by atoms with E-state index in [1.807, 2.05) is 0 Å². The lowest BCUT2D eigenvalue weighted by atomic mass is 10.0. The number of allylic oxidation sites excluding steroid dienone is 8. The van der Waals surface area contributed by atoms with Crippen molar-refractivity contribution in [1.82, 2.24) is 0 Å². The minimum atomic E-state index is -0.800. The van der Waals surface area contributed by atoms with Gasteiger partial charge in [0.25, 0.3) is 0 Å². The van der Waals surface area contributed by atoms with Crippen LogP contribution in [-0.4, -0.2) is 36.4 Å². The first-order valence-electron chi connectivity index (χ1n) is 25.2. The van der Waals surface area contributed by atoms with E-state index < -0.39 is 6.10 Å². The minimum Gasteiger partial charge on any atom is -0.462 e. The SMILES string of the molecule is CCCCCCCCC/C=C/C/C=C/C/C=C/C/C=C/CCCC(=O)O[C@@H](CO)COC(=O)CCCCCCCCCCCCCCCCCCCCCCCCC. The van der Waals surface area contributed by atoms with Gasteiger partial charge >= 0.3 is 11.9 Å². The van der Waals surface area contributed by atoms with Gasteiger partial charge in [0.05, 0.1) is 6.61 Å². The van der Waals surface area contributed by atoms with Crippen molar-refractivity contribution in [3.63, 3.8) is 0 Å². The second-order valence-corrected chi connectivity index (χ2v) is 16.9. The first-order valence-corrected chi connectivity index (χ1v) is 25.2. The molecule has 0 spiro atoms. The van der Waals surface area contributed by atoms with Gasteiger partial charge in [0.15, 0.2) is 6.10 Å². The molecule has 58 heavy (non-hydrogen) atoms. The van der Waals surface area contributed by atoms with Crippen LogP contribution >= 0.6 is 0 Å². The zero-order chi connectivity index (χ0) is 42.1. The Balaban J connectivity index is 3.56. The highest BCUT2D eigenvalue weighted by Crippen LogP contribution is 2.16. The van der Waals surface area contributed by atoms with E-state index in [1.54, 1.807) is 0 Å². The molecule has 1 N–H and O–H groups in total. The molecule has 0 aliphatic rings. The number of carbonyl (C=O) groups is 2. The molecular formula is C53H96O5. The van der Waals surface area contributed by atoms with Crippen LogP contribution in [0.5, 0.6) is 0 Å². The van der Waals surface area contributed by atoms with Gasteiger partial charge < -0.3 is 14.6 Å². The number of ether oxygens (including phenoxy) is 2. The maximum absolute atomic E-state index is 12.2. The summed E-state index contributed by atoms with van der Waals surface area (Å²) in [6.45, 7) is 4.12. The fourth-order valence-corrected chi connectivity index (χ4v) is 7.31. The van der Waals surface area contributed by atoms with Crippen molar-refractivity contribution in [1.29, 1.82) is 0 Å². The first-order chi connectivity index (χ1) is 28.6. The highest BCUT2D eigenvalue weighted by atomic mass is 16.6. The van der Waals surface area contributed by atoms with Gasteiger partial charge in [-0.3, -0.25) is 9.59 Å². The molecule has 0 amide bonds. The van der Waals surface area contributed by atoms with E-state index in [2.05, 4.69) is 62.5 Å². The lowest BCUT2D eigenvalue weighted by Crippen LogP contribution is -2.28. The Bertz CT molecular complexity index is 966. The fraction of sp³-hybridized carbons (Fsp3) is 0.811. The summed E-state index contributed by atoms with van der Waals surface area (Å²) in [5, 5.41) is 9.61. The fourth-order valence-electron chi connectivity index (χ4n) is 7.31. The van der Waals surface area contributed by atoms with Gasteiger partial charge in [-0.15, -0.1) is 0 Å². The average Bonchev–Trinajstić information content (AvgIpc) is 3.23. The van der Waals surface area contributed by atoms with E-state index >= 15 is 0 Å². The Labute approximate surface area is 360 Å². The first kappa shape index (κ1) is 55.9. The molecule has 5 nitrogen and oxygen atoms in total. The van der Waals surface area contributed by atoms with E-state index in [0.29, 0.717) is 12.8 Å². The van der Waals surface area contributed by atoms with Gasteiger partial charge in [-0.25, -0.2) is 0 Å². The van der Waals surface area contributed by atoms with Crippen LogP contribution in [0.4, 0.5) is 0 Å². The Morgan fingerprint density at radius 3 is 1.09 bits per heavy atom. The zero-order valence-electron chi connectivity index (χ0n) is 38.6. The summed E-state index contributed by atoms with van der Waals surface area (Å²) in [5.41, 5.74) is 0. The lowest BCUT2D eigenvalue weighted by Gasteiger charge is -2.15. The van der Waals surface area contributed by atoms with Crippen LogP contribution in [0.25, 0.3) is 0 Å². The molecule has 338 valence electrons. The Morgan fingerprint density at radius 1 is 0.397 bits per heavy atom. The lowest BCUT2D eigenvalue weighted by molar-refractivity contribution is -0.161. The summed E-state index contributed by atoms with van der Waals surface area (Å²) in [5.74, 6) is -0.646. The molecule has 0 aliphatic heterocycles. The van der Waals surface area contributed by atoms with Gasteiger partial charge in [-0.1, -0.05) is 242 Å². The normalized spacial score (nSPS) is 12.5. The second-order valence-electron chi connectivity index (χ2n) is 16.9. The van der Waals surface area contributed by atoms with E-state index in [1.165, 1.54) is 180 Å². The van der Waals surface area contributed by atoms with Crippen LogP contribution in [0.1, 0.15) is 258 Å². The number of aliphatic hydroxyl groups excluding tert-OH is 1. The summed E-state index contributed by atoms with van der Waals surface area (Å²) in [7, 11) is 0. The van der Waals surface area contributed by atoms with Gasteiger partial charge in [-0.2, -0.15) is 0 Å². The van der Waals surface area contributed by atoms with Crippen molar-refractivity contribution in [3.05, 3.63) is 48.6 Å². The summed E-state index contributed by atoms with van der Waals surface area (Å²) >= 11 is 0. The van der Waals surface area contributed by atoms with E-state index in [0.717, 1.165) is 44.9 Å². The van der Waals surface area contributed by atoms with Crippen molar-refractivity contribution >= 4 is 11.9 Å². The summed E-state index contributed by atoms with van der Waals surface area (Å²) in [6.07, 6.45) is 63.6. The molecule has 0 saturated carbocycles. The highest BCUT2D eigenvalue weighted by Gasteiger charge is 2.16. The molecule has 0 aliphatic carbocycles. The van der Waals surface area contributed by atoms with E-state index in [9.17, 15) is 14.7 Å². The summed E-state index contributed by atoms with van der Waals surface area (Å²) in [4.78, 5) is 24.4. The van der Waals surface area contributed by atoms with Crippen LogP contribution in [0.2, 0.25) is 0 Å². The number of hydrogen-bond donors (Lipinski definition) is 1. The van der Waals surface area contributed by atoms with Crippen molar-refractivity contribution in [2.75, 3.05) is 13.2 Å². The average molecular weight is 813 g/mol.